The Labute approximate surface area is 154 Å². The van der Waals surface area contributed by atoms with E-state index in [1.807, 2.05) is 35.2 Å². The number of rotatable bonds is 6. The molecule has 1 saturated heterocycles. The van der Waals surface area contributed by atoms with Crippen LogP contribution in [-0.2, 0) is 14.3 Å². The van der Waals surface area contributed by atoms with Crippen molar-refractivity contribution < 1.29 is 14.3 Å². The summed E-state index contributed by atoms with van der Waals surface area (Å²) in [6.07, 6.45) is 5.31. The van der Waals surface area contributed by atoms with Crippen LogP contribution in [-0.4, -0.2) is 49.6 Å². The first-order valence-electron chi connectivity index (χ1n) is 9.43. The molecule has 0 saturated carbocycles. The van der Waals surface area contributed by atoms with Gasteiger partial charge in [-0.1, -0.05) is 19.4 Å². The number of carbonyl (C=O) groups is 2. The average Bonchev–Trinajstić information content (AvgIpc) is 2.68. The van der Waals surface area contributed by atoms with Crippen LogP contribution < -0.4 is 10.2 Å². The number of nitrogens with zero attached hydrogens (tertiary/aromatic N) is 2. The Morgan fingerprint density at radius 2 is 1.88 bits per heavy atom. The predicted molar refractivity (Wildman–Crippen MR) is 102 cm³/mol. The molecule has 0 radical (unpaired) electrons. The van der Waals surface area contributed by atoms with Crippen molar-refractivity contribution in [3.63, 3.8) is 0 Å². The van der Waals surface area contributed by atoms with E-state index >= 15 is 0 Å². The summed E-state index contributed by atoms with van der Waals surface area (Å²) in [6.45, 7) is 5.59. The molecule has 3 rings (SSSR count). The Morgan fingerprint density at radius 3 is 2.58 bits per heavy atom. The van der Waals surface area contributed by atoms with Gasteiger partial charge in [0.1, 0.15) is 0 Å². The topological polar surface area (TPSA) is 61.9 Å². The first-order valence-corrected chi connectivity index (χ1v) is 9.43. The molecule has 1 N–H and O–H groups in total. The molecule has 2 heterocycles. The second-order valence-corrected chi connectivity index (χ2v) is 6.63. The lowest BCUT2D eigenvalue weighted by atomic mass is 10.1. The number of morpholine rings is 1. The van der Waals surface area contributed by atoms with E-state index in [1.165, 1.54) is 0 Å². The first kappa shape index (κ1) is 18.5. The number of hydrogen-bond donors (Lipinski definition) is 1. The van der Waals surface area contributed by atoms with Crippen LogP contribution in [0.2, 0.25) is 0 Å². The molecule has 140 valence electrons. The van der Waals surface area contributed by atoms with E-state index in [9.17, 15) is 9.59 Å². The molecule has 2 aliphatic heterocycles. The lowest BCUT2D eigenvalue weighted by Crippen LogP contribution is -2.45. The summed E-state index contributed by atoms with van der Waals surface area (Å²) >= 11 is 0. The number of hydrogen-bond acceptors (Lipinski definition) is 4. The Morgan fingerprint density at radius 1 is 1.15 bits per heavy atom. The molecule has 1 fully saturated rings. The van der Waals surface area contributed by atoms with E-state index in [-0.39, 0.29) is 11.8 Å². The Bertz CT molecular complexity index is 663. The highest BCUT2D eigenvalue weighted by Crippen LogP contribution is 2.25. The number of ether oxygens (including phenoxy) is 1. The normalized spacial score (nSPS) is 17.9. The largest absolute Gasteiger partial charge is 0.378 e. The van der Waals surface area contributed by atoms with Crippen LogP contribution in [0, 0.1) is 0 Å². The monoisotopic (exact) mass is 357 g/mol. The van der Waals surface area contributed by atoms with Crippen molar-refractivity contribution in [2.24, 2.45) is 0 Å². The number of nitrogens with one attached hydrogen (secondary N) is 1. The highest BCUT2D eigenvalue weighted by atomic mass is 16.5. The minimum atomic E-state index is 0.0335. The molecule has 2 aliphatic rings. The minimum Gasteiger partial charge on any atom is -0.378 e. The standard InChI is InChI=1S/C20H27N3O3/c1-2-3-6-19(24)21-16-7-9-17(10-8-16)23-11-4-5-18(20(23)25)22-12-14-26-15-13-22/h5,7-10H,2-4,6,11-15H2,1H3,(H,21,24). The maximum Gasteiger partial charge on any atom is 0.274 e. The van der Waals surface area contributed by atoms with E-state index < -0.39 is 0 Å². The summed E-state index contributed by atoms with van der Waals surface area (Å²) in [5, 5.41) is 2.90. The summed E-state index contributed by atoms with van der Waals surface area (Å²) in [7, 11) is 0. The fourth-order valence-electron chi connectivity index (χ4n) is 3.26. The summed E-state index contributed by atoms with van der Waals surface area (Å²) in [5.41, 5.74) is 2.40. The highest BCUT2D eigenvalue weighted by molar-refractivity contribution is 6.06. The zero-order valence-corrected chi connectivity index (χ0v) is 15.4. The van der Waals surface area contributed by atoms with E-state index in [0.29, 0.717) is 26.2 Å². The fourth-order valence-corrected chi connectivity index (χ4v) is 3.26. The van der Waals surface area contributed by atoms with E-state index in [0.717, 1.165) is 49.4 Å². The van der Waals surface area contributed by atoms with Gasteiger partial charge in [0, 0.05) is 37.4 Å². The smallest absolute Gasteiger partial charge is 0.274 e. The first-order chi connectivity index (χ1) is 12.7. The third-order valence-electron chi connectivity index (χ3n) is 4.73. The van der Waals surface area contributed by atoms with E-state index in [4.69, 9.17) is 4.74 Å². The zero-order valence-electron chi connectivity index (χ0n) is 15.4. The Kier molecular flexibility index (Phi) is 6.28. The van der Waals surface area contributed by atoms with Crippen LogP contribution >= 0.6 is 0 Å². The number of anilines is 2. The van der Waals surface area contributed by atoms with Crippen LogP contribution in [0.3, 0.4) is 0 Å². The summed E-state index contributed by atoms with van der Waals surface area (Å²) < 4.78 is 5.38. The third-order valence-corrected chi connectivity index (χ3v) is 4.73. The van der Waals surface area contributed by atoms with Gasteiger partial charge in [-0.2, -0.15) is 0 Å². The van der Waals surface area contributed by atoms with Crippen LogP contribution in [0.1, 0.15) is 32.6 Å². The van der Waals surface area contributed by atoms with Crippen molar-refractivity contribution in [3.05, 3.63) is 36.0 Å². The van der Waals surface area contributed by atoms with Gasteiger partial charge in [0.05, 0.1) is 18.9 Å². The van der Waals surface area contributed by atoms with Crippen molar-refractivity contribution in [3.8, 4) is 0 Å². The molecule has 0 aromatic heterocycles. The molecule has 0 unspecified atom stereocenters. The maximum absolute atomic E-state index is 12.9. The summed E-state index contributed by atoms with van der Waals surface area (Å²) in [4.78, 5) is 28.7. The molecular weight excluding hydrogens is 330 g/mol. The zero-order chi connectivity index (χ0) is 18.4. The Hall–Kier alpha value is -2.34. The SMILES string of the molecule is CCCCC(=O)Nc1ccc(N2CCC=C(N3CCOCC3)C2=O)cc1. The van der Waals surface area contributed by atoms with Gasteiger partial charge >= 0.3 is 0 Å². The van der Waals surface area contributed by atoms with Gasteiger partial charge < -0.3 is 19.9 Å². The van der Waals surface area contributed by atoms with Crippen molar-refractivity contribution in [2.75, 3.05) is 43.1 Å². The molecule has 2 amide bonds. The van der Waals surface area contributed by atoms with E-state index in [2.05, 4.69) is 17.1 Å². The van der Waals surface area contributed by atoms with Crippen LogP contribution in [0.5, 0.6) is 0 Å². The second-order valence-electron chi connectivity index (χ2n) is 6.63. The Balaban J connectivity index is 1.64. The lowest BCUT2D eigenvalue weighted by molar-refractivity contribution is -0.118. The molecule has 0 atom stereocenters. The highest BCUT2D eigenvalue weighted by Gasteiger charge is 2.28. The molecule has 0 aliphatic carbocycles. The lowest BCUT2D eigenvalue weighted by Gasteiger charge is -2.35. The molecule has 0 spiro atoms. The van der Waals surface area contributed by atoms with Crippen molar-refractivity contribution in [2.45, 2.75) is 32.6 Å². The molecule has 0 bridgehead atoms. The average molecular weight is 357 g/mol. The van der Waals surface area contributed by atoms with Crippen LogP contribution in [0.4, 0.5) is 11.4 Å². The molecule has 6 nitrogen and oxygen atoms in total. The number of carbonyl (C=O) groups excluding carboxylic acids is 2. The van der Waals surface area contributed by atoms with Crippen LogP contribution in [0.25, 0.3) is 0 Å². The van der Waals surface area contributed by atoms with Gasteiger partial charge in [-0.15, -0.1) is 0 Å². The van der Waals surface area contributed by atoms with Gasteiger partial charge in [-0.05, 0) is 37.1 Å². The minimum absolute atomic E-state index is 0.0335. The molecule has 26 heavy (non-hydrogen) atoms. The maximum atomic E-state index is 12.9. The summed E-state index contributed by atoms with van der Waals surface area (Å²) in [5.74, 6) is 0.0732. The summed E-state index contributed by atoms with van der Waals surface area (Å²) in [6, 6.07) is 7.52. The van der Waals surface area contributed by atoms with Gasteiger partial charge in [0.2, 0.25) is 5.91 Å². The number of benzene rings is 1. The quantitative estimate of drug-likeness (QED) is 0.850. The third kappa shape index (κ3) is 4.43. The van der Waals surface area contributed by atoms with Gasteiger partial charge in [0.25, 0.3) is 5.91 Å². The van der Waals surface area contributed by atoms with Crippen molar-refractivity contribution >= 4 is 23.2 Å². The predicted octanol–water partition coefficient (Wildman–Crippen LogP) is 2.77. The van der Waals surface area contributed by atoms with Crippen LogP contribution in [0.15, 0.2) is 36.0 Å². The second kappa shape index (κ2) is 8.85. The molecule has 6 heteroatoms. The van der Waals surface area contributed by atoms with Crippen molar-refractivity contribution in [1.82, 2.24) is 4.90 Å². The number of unbranched alkanes of at least 4 members (excludes halogenated alkanes) is 1. The van der Waals surface area contributed by atoms with Gasteiger partial charge in [0.15, 0.2) is 0 Å². The number of amides is 2. The fraction of sp³-hybridized carbons (Fsp3) is 0.500. The molecular formula is C20H27N3O3. The van der Waals surface area contributed by atoms with Crippen molar-refractivity contribution in [1.29, 1.82) is 0 Å². The van der Waals surface area contributed by atoms with Gasteiger partial charge in [-0.25, -0.2) is 0 Å². The van der Waals surface area contributed by atoms with E-state index in [1.54, 1.807) is 0 Å². The van der Waals surface area contributed by atoms with Gasteiger partial charge in [-0.3, -0.25) is 9.59 Å². The molecule has 1 aromatic rings. The molecule has 1 aromatic carbocycles.